The molecular formula is C16H15BrClFN6O. The molecule has 0 spiro atoms. The maximum absolute atomic E-state index is 13.1. The molecule has 0 saturated heterocycles. The van der Waals surface area contributed by atoms with Gasteiger partial charge in [-0.25, -0.2) is 14.1 Å². The van der Waals surface area contributed by atoms with Gasteiger partial charge in [0.15, 0.2) is 0 Å². The fourth-order valence-electron chi connectivity index (χ4n) is 2.37. The molecule has 26 heavy (non-hydrogen) atoms. The monoisotopic (exact) mass is 440 g/mol. The molecule has 1 amide bonds. The second-order valence-corrected chi connectivity index (χ2v) is 6.95. The molecule has 0 radical (unpaired) electrons. The van der Waals surface area contributed by atoms with Gasteiger partial charge in [0.2, 0.25) is 5.95 Å². The van der Waals surface area contributed by atoms with Gasteiger partial charge in [-0.05, 0) is 47.5 Å². The summed E-state index contributed by atoms with van der Waals surface area (Å²) in [6.07, 6.45) is 3.11. The fraction of sp³-hybridized carbons (Fsp3) is 0.250. The highest BCUT2D eigenvalue weighted by atomic mass is 79.9. The first-order valence-electron chi connectivity index (χ1n) is 7.69. The minimum absolute atomic E-state index is 0.170. The van der Waals surface area contributed by atoms with Crippen molar-refractivity contribution in [2.24, 2.45) is 0 Å². The lowest BCUT2D eigenvalue weighted by Crippen LogP contribution is -2.25. The molecule has 0 fully saturated rings. The highest BCUT2D eigenvalue weighted by Gasteiger charge is 2.20. The van der Waals surface area contributed by atoms with Gasteiger partial charge in [-0.1, -0.05) is 17.7 Å². The summed E-state index contributed by atoms with van der Waals surface area (Å²) < 4.78 is 17.0. The van der Waals surface area contributed by atoms with E-state index in [1.54, 1.807) is 23.9 Å². The lowest BCUT2D eigenvalue weighted by Gasteiger charge is -2.13. The standard InChI is InChI=1S/C16H15BrClFN6O/c1-9-13(17)6-21-25(9)10(2)15(26)22-16-20-8-24(23-16)7-11-3-4-12(19)5-14(11)18/h3-6,8,10H,7H2,1-2H3,(H,22,23,26). The first-order valence-corrected chi connectivity index (χ1v) is 8.86. The molecule has 10 heteroatoms. The number of carbonyl (C=O) groups excluding carboxylic acids is 1. The summed E-state index contributed by atoms with van der Waals surface area (Å²) in [5, 5.41) is 11.3. The molecule has 0 saturated carbocycles. The predicted octanol–water partition coefficient (Wildman–Crippen LogP) is 3.59. The Morgan fingerprint density at radius 3 is 2.88 bits per heavy atom. The van der Waals surface area contributed by atoms with E-state index in [9.17, 15) is 9.18 Å². The number of halogens is 3. The Balaban J connectivity index is 1.68. The molecule has 1 unspecified atom stereocenters. The molecule has 1 aromatic carbocycles. The van der Waals surface area contributed by atoms with E-state index in [-0.39, 0.29) is 11.9 Å². The number of carbonyl (C=O) groups is 1. The molecule has 0 aliphatic rings. The summed E-state index contributed by atoms with van der Waals surface area (Å²) in [6.45, 7) is 3.90. The third-order valence-electron chi connectivity index (χ3n) is 3.85. The second-order valence-electron chi connectivity index (χ2n) is 5.69. The zero-order chi connectivity index (χ0) is 18.8. The summed E-state index contributed by atoms with van der Waals surface area (Å²) in [6, 6.07) is 3.62. The van der Waals surface area contributed by atoms with E-state index < -0.39 is 11.9 Å². The average Bonchev–Trinajstić information content (AvgIpc) is 3.17. The Morgan fingerprint density at radius 2 is 2.23 bits per heavy atom. The van der Waals surface area contributed by atoms with Gasteiger partial charge in [-0.2, -0.15) is 5.10 Å². The van der Waals surface area contributed by atoms with Gasteiger partial charge < -0.3 is 0 Å². The summed E-state index contributed by atoms with van der Waals surface area (Å²) in [4.78, 5) is 16.5. The van der Waals surface area contributed by atoms with Crippen molar-refractivity contribution in [2.75, 3.05) is 5.32 Å². The van der Waals surface area contributed by atoms with Crippen LogP contribution >= 0.6 is 27.5 Å². The van der Waals surface area contributed by atoms with Crippen LogP contribution < -0.4 is 5.32 Å². The number of aromatic nitrogens is 5. The molecule has 0 bridgehead atoms. The number of benzene rings is 1. The minimum Gasteiger partial charge on any atom is -0.291 e. The quantitative estimate of drug-likeness (QED) is 0.656. The summed E-state index contributed by atoms with van der Waals surface area (Å²) in [5.74, 6) is -0.523. The summed E-state index contributed by atoms with van der Waals surface area (Å²) in [7, 11) is 0. The van der Waals surface area contributed by atoms with Gasteiger partial charge in [-0.3, -0.25) is 14.8 Å². The van der Waals surface area contributed by atoms with Crippen molar-refractivity contribution in [3.63, 3.8) is 0 Å². The van der Waals surface area contributed by atoms with Gasteiger partial charge in [0.05, 0.1) is 22.9 Å². The normalized spacial score (nSPS) is 12.2. The van der Waals surface area contributed by atoms with Crippen LogP contribution in [0.25, 0.3) is 0 Å². The van der Waals surface area contributed by atoms with Crippen LogP contribution in [0.1, 0.15) is 24.2 Å². The fourth-order valence-corrected chi connectivity index (χ4v) is 2.87. The van der Waals surface area contributed by atoms with Gasteiger partial charge in [0.1, 0.15) is 18.2 Å². The number of anilines is 1. The van der Waals surface area contributed by atoms with Crippen molar-refractivity contribution in [1.29, 1.82) is 0 Å². The van der Waals surface area contributed by atoms with Crippen molar-refractivity contribution < 1.29 is 9.18 Å². The maximum atomic E-state index is 13.1. The van der Waals surface area contributed by atoms with Gasteiger partial charge in [-0.15, -0.1) is 5.10 Å². The molecule has 3 rings (SSSR count). The zero-order valence-electron chi connectivity index (χ0n) is 13.9. The van der Waals surface area contributed by atoms with Crippen LogP contribution in [0.15, 0.2) is 35.2 Å². The van der Waals surface area contributed by atoms with Crippen molar-refractivity contribution in [3.05, 3.63) is 57.3 Å². The maximum Gasteiger partial charge on any atom is 0.251 e. The molecular weight excluding hydrogens is 427 g/mol. The Labute approximate surface area is 162 Å². The van der Waals surface area contributed by atoms with Gasteiger partial charge >= 0.3 is 0 Å². The first-order chi connectivity index (χ1) is 12.3. The lowest BCUT2D eigenvalue weighted by atomic mass is 10.2. The van der Waals surface area contributed by atoms with Crippen LogP contribution in [-0.4, -0.2) is 30.5 Å². The van der Waals surface area contributed by atoms with E-state index in [1.165, 1.54) is 23.1 Å². The number of hydrogen-bond acceptors (Lipinski definition) is 4. The van der Waals surface area contributed by atoms with Gasteiger partial charge in [0, 0.05) is 5.02 Å². The van der Waals surface area contributed by atoms with Crippen LogP contribution in [0.5, 0.6) is 0 Å². The number of nitrogens with one attached hydrogen (secondary N) is 1. The summed E-state index contributed by atoms with van der Waals surface area (Å²) >= 11 is 9.38. The third-order valence-corrected chi connectivity index (χ3v) is 4.98. The van der Waals surface area contributed by atoms with E-state index in [1.807, 2.05) is 6.92 Å². The molecule has 1 atom stereocenters. The van der Waals surface area contributed by atoms with Crippen LogP contribution in [0, 0.1) is 12.7 Å². The first kappa shape index (κ1) is 18.5. The van der Waals surface area contributed by atoms with Crippen LogP contribution in [0.3, 0.4) is 0 Å². The Morgan fingerprint density at radius 1 is 1.46 bits per heavy atom. The van der Waals surface area contributed by atoms with Crippen LogP contribution in [0.4, 0.5) is 10.3 Å². The molecule has 1 N–H and O–H groups in total. The number of rotatable bonds is 5. The smallest absolute Gasteiger partial charge is 0.251 e. The summed E-state index contributed by atoms with van der Waals surface area (Å²) in [5.41, 5.74) is 1.54. The molecule has 7 nitrogen and oxygen atoms in total. The minimum atomic E-state index is -0.528. The van der Waals surface area contributed by atoms with E-state index in [2.05, 4.69) is 36.4 Å². The molecule has 3 aromatic rings. The topological polar surface area (TPSA) is 77.6 Å². The van der Waals surface area contributed by atoms with E-state index in [0.717, 1.165) is 10.2 Å². The zero-order valence-corrected chi connectivity index (χ0v) is 16.3. The van der Waals surface area contributed by atoms with Crippen molar-refractivity contribution in [1.82, 2.24) is 24.5 Å². The van der Waals surface area contributed by atoms with Crippen LogP contribution in [0.2, 0.25) is 5.02 Å². The molecule has 2 aromatic heterocycles. The van der Waals surface area contributed by atoms with Crippen LogP contribution in [-0.2, 0) is 11.3 Å². The predicted molar refractivity (Wildman–Crippen MR) is 98.5 cm³/mol. The van der Waals surface area contributed by atoms with E-state index in [0.29, 0.717) is 17.1 Å². The van der Waals surface area contributed by atoms with E-state index in [4.69, 9.17) is 11.6 Å². The van der Waals surface area contributed by atoms with Crippen molar-refractivity contribution in [2.45, 2.75) is 26.4 Å². The average molecular weight is 442 g/mol. The van der Waals surface area contributed by atoms with Crippen molar-refractivity contribution >= 4 is 39.4 Å². The molecule has 0 aliphatic heterocycles. The number of hydrogen-bond donors (Lipinski definition) is 1. The Hall–Kier alpha value is -2.26. The highest BCUT2D eigenvalue weighted by Crippen LogP contribution is 2.20. The number of nitrogens with zero attached hydrogens (tertiary/aromatic N) is 5. The molecule has 2 heterocycles. The lowest BCUT2D eigenvalue weighted by molar-refractivity contribution is -0.119. The van der Waals surface area contributed by atoms with Crippen molar-refractivity contribution in [3.8, 4) is 0 Å². The second kappa shape index (κ2) is 7.55. The highest BCUT2D eigenvalue weighted by molar-refractivity contribution is 9.10. The Bertz CT molecular complexity index is 956. The van der Waals surface area contributed by atoms with Gasteiger partial charge in [0.25, 0.3) is 5.91 Å². The van der Waals surface area contributed by atoms with E-state index >= 15 is 0 Å². The molecule has 136 valence electrons. The SMILES string of the molecule is Cc1c(Br)cnn1C(C)C(=O)Nc1ncn(Cc2ccc(F)cc2Cl)n1. The largest absolute Gasteiger partial charge is 0.291 e. The number of amides is 1. The molecule has 0 aliphatic carbocycles. The third kappa shape index (κ3) is 3.94. The Kier molecular flexibility index (Phi) is 5.38.